The van der Waals surface area contributed by atoms with E-state index in [-0.39, 0.29) is 5.97 Å². The van der Waals surface area contributed by atoms with Crippen LogP contribution in [0.25, 0.3) is 0 Å². The van der Waals surface area contributed by atoms with Gasteiger partial charge >= 0.3 is 12.1 Å². The van der Waals surface area contributed by atoms with Crippen LogP contribution in [0.4, 0.5) is 4.79 Å². The molecule has 0 atom stereocenters. The fourth-order valence-electron chi connectivity index (χ4n) is 1.21. The molecule has 0 bridgehead atoms. The minimum absolute atomic E-state index is 0.316. The molecule has 0 aromatic heterocycles. The molecule has 5 heteroatoms. The molecule has 2 N–H and O–H groups in total. The van der Waals surface area contributed by atoms with Gasteiger partial charge < -0.3 is 15.2 Å². The third-order valence-electron chi connectivity index (χ3n) is 2.12. The Morgan fingerprint density at radius 2 is 1.84 bits per heavy atom. The van der Waals surface area contributed by atoms with E-state index in [1.165, 1.54) is 18.9 Å². The van der Waals surface area contributed by atoms with Gasteiger partial charge in [0.05, 0.1) is 13.2 Å². The predicted molar refractivity (Wildman–Crippen MR) is 75.7 cm³/mol. The molecule has 0 aliphatic rings. The minimum Gasteiger partial charge on any atom is -0.463 e. The van der Waals surface area contributed by atoms with Crippen LogP contribution in [0.3, 0.4) is 0 Å². The Balaban J connectivity index is 0. The number of rotatable bonds is 8. The van der Waals surface area contributed by atoms with Crippen molar-refractivity contribution in [2.24, 2.45) is 11.7 Å². The molecule has 0 saturated heterocycles. The van der Waals surface area contributed by atoms with E-state index in [9.17, 15) is 9.59 Å². The van der Waals surface area contributed by atoms with Crippen molar-refractivity contribution < 1.29 is 19.1 Å². The lowest BCUT2D eigenvalue weighted by Crippen LogP contribution is -2.11. The predicted octanol–water partition coefficient (Wildman–Crippen LogP) is 3.03. The molecule has 0 radical (unpaired) electrons. The second-order valence-corrected chi connectivity index (χ2v) is 4.37. The van der Waals surface area contributed by atoms with E-state index < -0.39 is 6.09 Å². The van der Waals surface area contributed by atoms with Crippen LogP contribution in [0.15, 0.2) is 12.7 Å². The standard InChI is InChI=1S/C11H20O2.C3H7NO2/c1-4-11(12)13-9-7-5-6-8-10(2)3;1-2-6-3(4)5/h4,10H,1,5-9H2,2-3H3;2H2,1H3,(H2,4,5). The number of ether oxygens (including phenoxy) is 2. The van der Waals surface area contributed by atoms with Crippen LogP contribution in [0, 0.1) is 5.92 Å². The zero-order valence-electron chi connectivity index (χ0n) is 12.3. The SMILES string of the molecule is C=CC(=O)OCCCCCC(C)C.CCOC(N)=O. The van der Waals surface area contributed by atoms with Crippen molar-refractivity contribution in [3.8, 4) is 0 Å². The zero-order chi connectivity index (χ0) is 15.1. The van der Waals surface area contributed by atoms with Crippen molar-refractivity contribution in [1.82, 2.24) is 0 Å². The summed E-state index contributed by atoms with van der Waals surface area (Å²) in [5.74, 6) is 0.458. The quantitative estimate of drug-likeness (QED) is 0.419. The molecule has 0 unspecified atom stereocenters. The Hall–Kier alpha value is -1.52. The molecule has 0 aliphatic heterocycles. The molecule has 0 saturated carbocycles. The normalized spacial score (nSPS) is 9.26. The number of carbonyl (C=O) groups is 2. The summed E-state index contributed by atoms with van der Waals surface area (Å²) in [7, 11) is 0. The zero-order valence-corrected chi connectivity index (χ0v) is 12.3. The summed E-state index contributed by atoms with van der Waals surface area (Å²) in [6, 6.07) is 0. The van der Waals surface area contributed by atoms with E-state index in [2.05, 4.69) is 30.9 Å². The molecular weight excluding hydrogens is 246 g/mol. The number of unbranched alkanes of at least 4 members (excludes halogenated alkanes) is 2. The minimum atomic E-state index is -0.711. The second-order valence-electron chi connectivity index (χ2n) is 4.37. The maximum Gasteiger partial charge on any atom is 0.404 e. The number of amides is 1. The van der Waals surface area contributed by atoms with Crippen molar-refractivity contribution in [2.75, 3.05) is 13.2 Å². The summed E-state index contributed by atoms with van der Waals surface area (Å²) in [5, 5.41) is 0. The molecule has 19 heavy (non-hydrogen) atoms. The first kappa shape index (κ1) is 19.8. The fraction of sp³-hybridized carbons (Fsp3) is 0.714. The first-order valence-electron chi connectivity index (χ1n) is 6.65. The fourth-order valence-corrected chi connectivity index (χ4v) is 1.21. The Morgan fingerprint density at radius 3 is 2.21 bits per heavy atom. The van der Waals surface area contributed by atoms with Crippen LogP contribution < -0.4 is 5.73 Å². The summed E-state index contributed by atoms with van der Waals surface area (Å²) < 4.78 is 9.02. The maximum absolute atomic E-state index is 10.6. The van der Waals surface area contributed by atoms with Gasteiger partial charge in [-0.1, -0.05) is 39.7 Å². The van der Waals surface area contributed by atoms with Gasteiger partial charge in [-0.05, 0) is 19.3 Å². The maximum atomic E-state index is 10.6. The van der Waals surface area contributed by atoms with Crippen LogP contribution in [0.2, 0.25) is 0 Å². The van der Waals surface area contributed by atoms with Gasteiger partial charge in [-0.25, -0.2) is 9.59 Å². The topological polar surface area (TPSA) is 78.6 Å². The molecule has 112 valence electrons. The van der Waals surface area contributed by atoms with Crippen LogP contribution in [0.5, 0.6) is 0 Å². The highest BCUT2D eigenvalue weighted by molar-refractivity contribution is 5.81. The molecule has 0 aromatic rings. The van der Waals surface area contributed by atoms with Crippen molar-refractivity contribution in [3.05, 3.63) is 12.7 Å². The van der Waals surface area contributed by atoms with E-state index in [0.29, 0.717) is 13.2 Å². The Kier molecular flexibility index (Phi) is 15.2. The molecule has 5 nitrogen and oxygen atoms in total. The lowest BCUT2D eigenvalue weighted by atomic mass is 10.1. The van der Waals surface area contributed by atoms with Gasteiger partial charge in [-0.3, -0.25) is 0 Å². The van der Waals surface area contributed by atoms with E-state index in [1.807, 2.05) is 0 Å². The van der Waals surface area contributed by atoms with E-state index >= 15 is 0 Å². The number of hydrogen-bond donors (Lipinski definition) is 1. The van der Waals surface area contributed by atoms with Crippen LogP contribution in [-0.2, 0) is 14.3 Å². The number of primary amides is 1. The monoisotopic (exact) mass is 273 g/mol. The summed E-state index contributed by atoms with van der Waals surface area (Å²) in [6.45, 7) is 10.4. The van der Waals surface area contributed by atoms with Crippen LogP contribution in [-0.4, -0.2) is 25.3 Å². The summed E-state index contributed by atoms with van der Waals surface area (Å²) in [5.41, 5.74) is 4.54. The van der Waals surface area contributed by atoms with Gasteiger partial charge in [0.15, 0.2) is 0 Å². The van der Waals surface area contributed by atoms with Crippen LogP contribution in [0.1, 0.15) is 46.5 Å². The smallest absolute Gasteiger partial charge is 0.404 e. The molecule has 0 fully saturated rings. The van der Waals surface area contributed by atoms with Gasteiger partial charge in [0, 0.05) is 6.08 Å². The summed E-state index contributed by atoms with van der Waals surface area (Å²) in [4.78, 5) is 20.2. The summed E-state index contributed by atoms with van der Waals surface area (Å²) >= 11 is 0. The Morgan fingerprint density at radius 1 is 1.21 bits per heavy atom. The Bertz CT molecular complexity index is 252. The average molecular weight is 273 g/mol. The second kappa shape index (κ2) is 14.5. The first-order chi connectivity index (χ1) is 8.93. The lowest BCUT2D eigenvalue weighted by Gasteiger charge is -2.04. The highest BCUT2D eigenvalue weighted by atomic mass is 16.5. The van der Waals surface area contributed by atoms with Gasteiger partial charge in [0.25, 0.3) is 0 Å². The first-order valence-corrected chi connectivity index (χ1v) is 6.65. The molecule has 0 aliphatic carbocycles. The number of nitrogens with two attached hydrogens (primary N) is 1. The largest absolute Gasteiger partial charge is 0.463 e. The lowest BCUT2D eigenvalue weighted by molar-refractivity contribution is -0.137. The molecular formula is C14H27NO4. The molecule has 1 amide bonds. The molecule has 0 rings (SSSR count). The molecule has 0 heterocycles. The third-order valence-corrected chi connectivity index (χ3v) is 2.12. The number of esters is 1. The Labute approximate surface area is 116 Å². The third kappa shape index (κ3) is 22.2. The number of carbonyl (C=O) groups excluding carboxylic acids is 2. The van der Waals surface area contributed by atoms with Gasteiger partial charge in [-0.2, -0.15) is 0 Å². The van der Waals surface area contributed by atoms with Crippen molar-refractivity contribution >= 4 is 12.1 Å². The van der Waals surface area contributed by atoms with Crippen LogP contribution >= 0.6 is 0 Å². The van der Waals surface area contributed by atoms with E-state index in [0.717, 1.165) is 18.8 Å². The molecule has 0 aromatic carbocycles. The highest BCUT2D eigenvalue weighted by Crippen LogP contribution is 2.07. The van der Waals surface area contributed by atoms with Gasteiger partial charge in [0.2, 0.25) is 0 Å². The van der Waals surface area contributed by atoms with Gasteiger partial charge in [-0.15, -0.1) is 0 Å². The summed E-state index contributed by atoms with van der Waals surface area (Å²) in [6.07, 6.45) is 5.08. The number of hydrogen-bond acceptors (Lipinski definition) is 4. The van der Waals surface area contributed by atoms with E-state index in [1.54, 1.807) is 6.92 Å². The van der Waals surface area contributed by atoms with Gasteiger partial charge in [0.1, 0.15) is 0 Å². The van der Waals surface area contributed by atoms with E-state index in [4.69, 9.17) is 4.74 Å². The van der Waals surface area contributed by atoms with Crippen molar-refractivity contribution in [3.63, 3.8) is 0 Å². The van der Waals surface area contributed by atoms with Crippen molar-refractivity contribution in [2.45, 2.75) is 46.5 Å². The van der Waals surface area contributed by atoms with Crippen molar-refractivity contribution in [1.29, 1.82) is 0 Å². The average Bonchev–Trinajstić information content (AvgIpc) is 2.33. The highest BCUT2D eigenvalue weighted by Gasteiger charge is 1.96. The molecule has 0 spiro atoms.